The summed E-state index contributed by atoms with van der Waals surface area (Å²) in [6.07, 6.45) is 0.229. The van der Waals surface area contributed by atoms with Gasteiger partial charge >= 0.3 is 0 Å². The summed E-state index contributed by atoms with van der Waals surface area (Å²) in [6, 6.07) is 0. The van der Waals surface area contributed by atoms with E-state index in [-0.39, 0.29) is 17.6 Å². The molecule has 1 aromatic heterocycles. The molecule has 0 N–H and O–H groups in total. The van der Waals surface area contributed by atoms with Gasteiger partial charge in [-0.3, -0.25) is 4.79 Å². The molecule has 0 atom stereocenters. The highest BCUT2D eigenvalue weighted by Crippen LogP contribution is 2.17. The van der Waals surface area contributed by atoms with Gasteiger partial charge in [0.2, 0.25) is 5.89 Å². The molecule has 0 fully saturated rings. The summed E-state index contributed by atoms with van der Waals surface area (Å²) in [5.41, 5.74) is -0.354. The van der Waals surface area contributed by atoms with Gasteiger partial charge in [0, 0.05) is 5.41 Å². The smallest absolute Gasteiger partial charge is 0.234 e. The highest BCUT2D eigenvalue weighted by Gasteiger charge is 2.23. The van der Waals surface area contributed by atoms with Crippen LogP contribution in [-0.4, -0.2) is 21.7 Å². The lowest BCUT2D eigenvalue weighted by molar-refractivity contribution is -0.125. The van der Waals surface area contributed by atoms with Crippen LogP contribution >= 0.6 is 11.8 Å². The van der Waals surface area contributed by atoms with Crippen LogP contribution in [0.25, 0.3) is 0 Å². The fraction of sp³-hybridized carbons (Fsp3) is 0.727. The van der Waals surface area contributed by atoms with E-state index in [1.807, 2.05) is 20.8 Å². The molecule has 0 amide bonds. The van der Waals surface area contributed by atoms with Crippen molar-refractivity contribution in [3.8, 4) is 0 Å². The summed E-state index contributed by atoms with van der Waals surface area (Å²) in [5, 5.41) is 3.83. The molecule has 0 aliphatic carbocycles. The Hall–Kier alpha value is -0.840. The van der Waals surface area contributed by atoms with E-state index in [1.54, 1.807) is 11.8 Å². The summed E-state index contributed by atoms with van der Waals surface area (Å²) >= 11 is 1.73. The van der Waals surface area contributed by atoms with Crippen molar-refractivity contribution in [3.05, 3.63) is 11.7 Å². The van der Waals surface area contributed by atoms with E-state index < -0.39 is 0 Å². The Kier molecular flexibility index (Phi) is 4.53. The lowest BCUT2D eigenvalue weighted by atomic mass is 9.89. The van der Waals surface area contributed by atoms with Crippen molar-refractivity contribution < 1.29 is 9.32 Å². The van der Waals surface area contributed by atoms with Gasteiger partial charge in [0.1, 0.15) is 5.78 Å². The van der Waals surface area contributed by atoms with Crippen LogP contribution in [-0.2, 0) is 17.0 Å². The number of carbonyl (C=O) groups excluding carboxylic acids is 1. The molecule has 0 bridgehead atoms. The Morgan fingerprint density at radius 1 is 1.44 bits per heavy atom. The third-order valence-corrected chi connectivity index (χ3v) is 2.96. The molecule has 0 unspecified atom stereocenters. The zero-order valence-electron chi connectivity index (χ0n) is 10.2. The van der Waals surface area contributed by atoms with Crippen molar-refractivity contribution in [2.75, 3.05) is 5.75 Å². The second kappa shape index (κ2) is 5.48. The lowest BCUT2D eigenvalue weighted by Gasteiger charge is -2.14. The summed E-state index contributed by atoms with van der Waals surface area (Å²) in [7, 11) is 0. The molecular weight excluding hydrogens is 224 g/mol. The van der Waals surface area contributed by atoms with Gasteiger partial charge in [-0.1, -0.05) is 32.9 Å². The molecule has 90 valence electrons. The predicted molar refractivity (Wildman–Crippen MR) is 64.3 cm³/mol. The largest absolute Gasteiger partial charge is 0.339 e. The van der Waals surface area contributed by atoms with E-state index in [0.29, 0.717) is 11.7 Å². The third-order valence-electron chi connectivity index (χ3n) is 2.09. The number of carbonyl (C=O) groups is 1. The molecule has 0 aliphatic heterocycles. The normalized spacial score (nSPS) is 11.8. The Balaban J connectivity index is 2.55. The third kappa shape index (κ3) is 3.96. The fourth-order valence-corrected chi connectivity index (χ4v) is 1.52. The molecule has 0 saturated carbocycles. The van der Waals surface area contributed by atoms with Crippen molar-refractivity contribution in [1.29, 1.82) is 0 Å². The van der Waals surface area contributed by atoms with E-state index in [2.05, 4.69) is 17.1 Å². The maximum Gasteiger partial charge on any atom is 0.234 e. The van der Waals surface area contributed by atoms with E-state index in [0.717, 1.165) is 11.5 Å². The number of ketones is 1. The van der Waals surface area contributed by atoms with Crippen molar-refractivity contribution in [3.63, 3.8) is 0 Å². The minimum Gasteiger partial charge on any atom is -0.339 e. The van der Waals surface area contributed by atoms with Gasteiger partial charge < -0.3 is 4.52 Å². The maximum absolute atomic E-state index is 11.7. The van der Waals surface area contributed by atoms with E-state index in [1.165, 1.54) is 0 Å². The number of aromatic nitrogens is 2. The summed E-state index contributed by atoms with van der Waals surface area (Å²) in [4.78, 5) is 15.9. The number of Topliss-reactive ketones (excluding diaryl/α,β-unsaturated/α-hetero) is 1. The van der Waals surface area contributed by atoms with Crippen LogP contribution in [0.1, 0.15) is 39.4 Å². The van der Waals surface area contributed by atoms with Crippen molar-refractivity contribution >= 4 is 17.5 Å². The molecule has 0 saturated heterocycles. The Morgan fingerprint density at radius 2 is 2.12 bits per heavy atom. The van der Waals surface area contributed by atoms with Gasteiger partial charge in [0.15, 0.2) is 5.82 Å². The molecule has 5 heteroatoms. The molecule has 1 heterocycles. The van der Waals surface area contributed by atoms with Gasteiger partial charge in [0.25, 0.3) is 0 Å². The molecule has 16 heavy (non-hydrogen) atoms. The zero-order chi connectivity index (χ0) is 12.2. The number of hydrogen-bond acceptors (Lipinski definition) is 5. The van der Waals surface area contributed by atoms with E-state index >= 15 is 0 Å². The quantitative estimate of drug-likeness (QED) is 0.794. The van der Waals surface area contributed by atoms with Gasteiger partial charge in [-0.25, -0.2) is 0 Å². The average Bonchev–Trinajstić information content (AvgIpc) is 2.61. The highest BCUT2D eigenvalue weighted by molar-refractivity contribution is 7.98. The second-order valence-corrected chi connectivity index (χ2v) is 5.87. The van der Waals surface area contributed by atoms with Crippen molar-refractivity contribution in [2.45, 2.75) is 39.9 Å². The van der Waals surface area contributed by atoms with Crippen LogP contribution in [0.15, 0.2) is 4.52 Å². The van der Waals surface area contributed by atoms with Gasteiger partial charge in [-0.2, -0.15) is 16.7 Å². The molecule has 0 spiro atoms. The zero-order valence-corrected chi connectivity index (χ0v) is 11.1. The Bertz CT molecular complexity index is 355. The minimum absolute atomic E-state index is 0.117. The van der Waals surface area contributed by atoms with E-state index in [4.69, 9.17) is 4.52 Å². The summed E-state index contributed by atoms with van der Waals surface area (Å²) in [6.45, 7) is 7.74. The molecule has 0 aliphatic rings. The Labute approximate surface area is 100 Å². The van der Waals surface area contributed by atoms with Crippen molar-refractivity contribution in [2.24, 2.45) is 5.41 Å². The number of hydrogen-bond donors (Lipinski definition) is 0. The Morgan fingerprint density at radius 3 is 2.69 bits per heavy atom. The van der Waals surface area contributed by atoms with Crippen LogP contribution in [0, 0.1) is 5.41 Å². The van der Waals surface area contributed by atoms with E-state index in [9.17, 15) is 4.79 Å². The van der Waals surface area contributed by atoms with Crippen LogP contribution in [0.3, 0.4) is 0 Å². The van der Waals surface area contributed by atoms with Gasteiger partial charge in [-0.15, -0.1) is 0 Å². The number of nitrogens with zero attached hydrogens (tertiary/aromatic N) is 2. The monoisotopic (exact) mass is 242 g/mol. The topological polar surface area (TPSA) is 56.0 Å². The van der Waals surface area contributed by atoms with Crippen LogP contribution in [0.5, 0.6) is 0 Å². The molecule has 0 aromatic carbocycles. The molecule has 0 radical (unpaired) electrons. The molecular formula is C11H18N2O2S. The number of thioether (sulfide) groups is 1. The minimum atomic E-state index is -0.354. The molecule has 4 nitrogen and oxygen atoms in total. The average molecular weight is 242 g/mol. The highest BCUT2D eigenvalue weighted by atomic mass is 32.2. The maximum atomic E-state index is 11.7. The fourth-order valence-electron chi connectivity index (χ4n) is 1.02. The van der Waals surface area contributed by atoms with Crippen LogP contribution in [0.4, 0.5) is 0 Å². The standard InChI is InChI=1S/C11H18N2O2S/c1-5-16-7-9-12-10(15-13-9)6-8(14)11(2,3)4/h5-7H2,1-4H3. The summed E-state index contributed by atoms with van der Waals surface area (Å²) in [5.74, 6) is 2.97. The van der Waals surface area contributed by atoms with Crippen LogP contribution in [0.2, 0.25) is 0 Å². The second-order valence-electron chi connectivity index (χ2n) is 4.59. The summed E-state index contributed by atoms with van der Waals surface area (Å²) < 4.78 is 5.03. The van der Waals surface area contributed by atoms with Crippen LogP contribution < -0.4 is 0 Å². The molecule has 1 aromatic rings. The first-order valence-electron chi connectivity index (χ1n) is 5.36. The van der Waals surface area contributed by atoms with Crippen molar-refractivity contribution in [1.82, 2.24) is 10.1 Å². The first-order valence-corrected chi connectivity index (χ1v) is 6.51. The lowest BCUT2D eigenvalue weighted by Crippen LogP contribution is -2.22. The van der Waals surface area contributed by atoms with Gasteiger partial charge in [0.05, 0.1) is 12.2 Å². The SMILES string of the molecule is CCSCc1noc(CC(=O)C(C)(C)C)n1. The van der Waals surface area contributed by atoms with Gasteiger partial charge in [-0.05, 0) is 5.75 Å². The first-order chi connectivity index (χ1) is 7.43. The number of rotatable bonds is 5. The predicted octanol–water partition coefficient (Wildman–Crippen LogP) is 2.48. The molecule has 1 rings (SSSR count). The first kappa shape index (κ1) is 13.2.